The van der Waals surface area contributed by atoms with Crippen LogP contribution in [0.4, 0.5) is 0 Å². The lowest BCUT2D eigenvalue weighted by Gasteiger charge is -2.21. The molecule has 0 unspecified atom stereocenters. The summed E-state index contributed by atoms with van der Waals surface area (Å²) < 4.78 is 4.75. The van der Waals surface area contributed by atoms with Crippen LogP contribution in [0.25, 0.3) is 11.4 Å². The molecule has 0 radical (unpaired) electrons. The highest BCUT2D eigenvalue weighted by Crippen LogP contribution is 2.27. The smallest absolute Gasteiger partial charge is 0.253 e. The Balaban J connectivity index is 0.00000169. The van der Waals surface area contributed by atoms with Gasteiger partial charge in [0.1, 0.15) is 0 Å². The Kier molecular flexibility index (Phi) is 5.16. The minimum atomic E-state index is 0. The molecule has 3 heterocycles. The lowest BCUT2D eigenvalue weighted by atomic mass is 9.92. The standard InChI is InChI=1S/C17H20N4O2.ClH/c22-17(21-7-5-14-9-18-10-15(14)6-8-21)13-3-1-12(2-4-13)16-19-11-23-20-16;/h1-4,11,14-15,18H,5-10H2;1H/t14-,15+;. The van der Waals surface area contributed by atoms with E-state index in [2.05, 4.69) is 15.5 Å². The predicted octanol–water partition coefficient (Wildman–Crippen LogP) is 2.23. The lowest BCUT2D eigenvalue weighted by Crippen LogP contribution is -2.32. The predicted molar refractivity (Wildman–Crippen MR) is 92.0 cm³/mol. The molecular formula is C17H21ClN4O2. The van der Waals surface area contributed by atoms with Gasteiger partial charge >= 0.3 is 0 Å². The highest BCUT2D eigenvalue weighted by Gasteiger charge is 2.31. The van der Waals surface area contributed by atoms with Crippen molar-refractivity contribution in [1.82, 2.24) is 20.4 Å². The zero-order valence-electron chi connectivity index (χ0n) is 13.4. The Hall–Kier alpha value is -1.92. The number of aromatic nitrogens is 2. The number of halogens is 1. The van der Waals surface area contributed by atoms with Crippen LogP contribution in [0.1, 0.15) is 23.2 Å². The van der Waals surface area contributed by atoms with Gasteiger partial charge in [-0.1, -0.05) is 17.3 Å². The summed E-state index contributed by atoms with van der Waals surface area (Å²) >= 11 is 0. The zero-order valence-corrected chi connectivity index (χ0v) is 14.2. The van der Waals surface area contributed by atoms with Gasteiger partial charge in [0.05, 0.1) is 0 Å². The van der Waals surface area contributed by atoms with Gasteiger partial charge in [-0.05, 0) is 49.9 Å². The first kappa shape index (κ1) is 16.9. The number of carbonyl (C=O) groups excluding carboxylic acids is 1. The van der Waals surface area contributed by atoms with E-state index < -0.39 is 0 Å². The van der Waals surface area contributed by atoms with Crippen LogP contribution in [0.15, 0.2) is 35.2 Å². The fourth-order valence-electron chi connectivity index (χ4n) is 3.66. The number of rotatable bonds is 2. The third-order valence-corrected chi connectivity index (χ3v) is 5.06. The number of fused-ring (bicyclic) bond motifs is 1. The summed E-state index contributed by atoms with van der Waals surface area (Å²) in [6.07, 6.45) is 3.51. The maximum absolute atomic E-state index is 12.7. The number of nitrogens with one attached hydrogen (secondary N) is 1. The zero-order chi connectivity index (χ0) is 15.6. The van der Waals surface area contributed by atoms with Crippen molar-refractivity contribution < 1.29 is 9.32 Å². The van der Waals surface area contributed by atoms with E-state index >= 15 is 0 Å². The van der Waals surface area contributed by atoms with E-state index in [1.165, 1.54) is 6.39 Å². The summed E-state index contributed by atoms with van der Waals surface area (Å²) in [5.41, 5.74) is 1.58. The fourth-order valence-corrected chi connectivity index (χ4v) is 3.66. The van der Waals surface area contributed by atoms with Crippen LogP contribution < -0.4 is 5.32 Å². The van der Waals surface area contributed by atoms with Gasteiger partial charge in [-0.3, -0.25) is 4.79 Å². The van der Waals surface area contributed by atoms with Crippen molar-refractivity contribution in [3.8, 4) is 11.4 Å². The van der Waals surface area contributed by atoms with Crippen molar-refractivity contribution in [3.05, 3.63) is 36.2 Å². The molecule has 2 aliphatic rings. The SMILES string of the molecule is Cl.O=C(c1ccc(-c2ncon2)cc1)N1CC[C@@H]2CNC[C@@H]2CC1. The van der Waals surface area contributed by atoms with E-state index in [0.29, 0.717) is 5.82 Å². The van der Waals surface area contributed by atoms with Crippen LogP contribution in [0.5, 0.6) is 0 Å². The number of likely N-dealkylation sites (tertiary alicyclic amines) is 1. The average Bonchev–Trinajstić information content (AvgIpc) is 3.24. The van der Waals surface area contributed by atoms with Crippen molar-refractivity contribution in [2.24, 2.45) is 11.8 Å². The largest absolute Gasteiger partial charge is 0.342 e. The average molecular weight is 349 g/mol. The highest BCUT2D eigenvalue weighted by atomic mass is 35.5. The second-order valence-corrected chi connectivity index (χ2v) is 6.38. The number of amides is 1. The van der Waals surface area contributed by atoms with E-state index in [9.17, 15) is 4.79 Å². The first-order chi connectivity index (χ1) is 11.3. The maximum Gasteiger partial charge on any atom is 0.253 e. The summed E-state index contributed by atoms with van der Waals surface area (Å²) in [5.74, 6) is 2.12. The van der Waals surface area contributed by atoms with E-state index in [0.717, 1.165) is 62.0 Å². The molecule has 2 aliphatic heterocycles. The normalized spacial score (nSPS) is 23.2. The molecule has 24 heavy (non-hydrogen) atoms. The second-order valence-electron chi connectivity index (χ2n) is 6.38. The Bertz CT molecular complexity index is 660. The minimum absolute atomic E-state index is 0. The van der Waals surface area contributed by atoms with Gasteiger partial charge in [0, 0.05) is 24.2 Å². The Morgan fingerprint density at radius 1 is 1.12 bits per heavy atom. The molecule has 0 bridgehead atoms. The van der Waals surface area contributed by atoms with E-state index in [-0.39, 0.29) is 18.3 Å². The second kappa shape index (κ2) is 7.32. The Morgan fingerprint density at radius 2 is 1.79 bits per heavy atom. The third-order valence-electron chi connectivity index (χ3n) is 5.06. The minimum Gasteiger partial charge on any atom is -0.342 e. The number of carbonyl (C=O) groups is 1. The molecule has 1 N–H and O–H groups in total. The molecule has 0 saturated carbocycles. The number of hydrogen-bond acceptors (Lipinski definition) is 5. The van der Waals surface area contributed by atoms with Crippen LogP contribution in [0.2, 0.25) is 0 Å². The number of hydrogen-bond donors (Lipinski definition) is 1. The van der Waals surface area contributed by atoms with Crippen molar-refractivity contribution in [2.45, 2.75) is 12.8 Å². The van der Waals surface area contributed by atoms with Gasteiger partial charge in [-0.25, -0.2) is 0 Å². The first-order valence-corrected chi connectivity index (χ1v) is 8.18. The van der Waals surface area contributed by atoms with Gasteiger partial charge in [0.25, 0.3) is 5.91 Å². The molecule has 128 valence electrons. The first-order valence-electron chi connectivity index (χ1n) is 8.18. The molecule has 2 atom stereocenters. The van der Waals surface area contributed by atoms with Gasteiger partial charge in [0.2, 0.25) is 12.2 Å². The van der Waals surface area contributed by atoms with Crippen molar-refractivity contribution in [1.29, 1.82) is 0 Å². The molecule has 2 aromatic rings. The molecule has 0 aliphatic carbocycles. The van der Waals surface area contributed by atoms with Crippen molar-refractivity contribution >= 4 is 18.3 Å². The van der Waals surface area contributed by atoms with Crippen molar-refractivity contribution in [3.63, 3.8) is 0 Å². The topological polar surface area (TPSA) is 71.3 Å². The number of benzene rings is 1. The molecule has 6 nitrogen and oxygen atoms in total. The highest BCUT2D eigenvalue weighted by molar-refractivity contribution is 5.94. The van der Waals surface area contributed by atoms with Crippen LogP contribution in [-0.4, -0.2) is 47.1 Å². The molecule has 1 amide bonds. The van der Waals surface area contributed by atoms with Crippen LogP contribution >= 0.6 is 12.4 Å². The van der Waals surface area contributed by atoms with Crippen LogP contribution in [0, 0.1) is 11.8 Å². The summed E-state index contributed by atoms with van der Waals surface area (Å²) in [7, 11) is 0. The molecule has 0 spiro atoms. The lowest BCUT2D eigenvalue weighted by molar-refractivity contribution is 0.0758. The maximum atomic E-state index is 12.7. The summed E-state index contributed by atoms with van der Waals surface area (Å²) in [5, 5.41) is 7.27. The Labute approximate surface area is 147 Å². The summed E-state index contributed by atoms with van der Waals surface area (Å²) in [6, 6.07) is 7.44. The third kappa shape index (κ3) is 3.30. The van der Waals surface area contributed by atoms with Gasteiger partial charge in [-0.15, -0.1) is 12.4 Å². The monoisotopic (exact) mass is 348 g/mol. The van der Waals surface area contributed by atoms with Crippen LogP contribution in [0.3, 0.4) is 0 Å². The quantitative estimate of drug-likeness (QED) is 0.901. The van der Waals surface area contributed by atoms with E-state index in [4.69, 9.17) is 4.52 Å². The molecule has 2 saturated heterocycles. The van der Waals surface area contributed by atoms with Crippen molar-refractivity contribution in [2.75, 3.05) is 26.2 Å². The van der Waals surface area contributed by atoms with E-state index in [1.54, 1.807) is 0 Å². The summed E-state index contributed by atoms with van der Waals surface area (Å²) in [6.45, 7) is 3.92. The fraction of sp³-hybridized carbons (Fsp3) is 0.471. The molecular weight excluding hydrogens is 328 g/mol. The summed E-state index contributed by atoms with van der Waals surface area (Å²) in [4.78, 5) is 18.7. The van der Waals surface area contributed by atoms with Crippen LogP contribution in [-0.2, 0) is 0 Å². The molecule has 1 aromatic carbocycles. The molecule has 2 fully saturated rings. The molecule has 1 aromatic heterocycles. The van der Waals surface area contributed by atoms with Gasteiger partial charge in [-0.2, -0.15) is 4.98 Å². The van der Waals surface area contributed by atoms with Gasteiger partial charge < -0.3 is 14.7 Å². The molecule has 7 heteroatoms. The molecule has 4 rings (SSSR count). The Morgan fingerprint density at radius 3 is 2.38 bits per heavy atom. The van der Waals surface area contributed by atoms with E-state index in [1.807, 2.05) is 29.2 Å². The van der Waals surface area contributed by atoms with Gasteiger partial charge in [0.15, 0.2) is 0 Å². The number of nitrogens with zero attached hydrogens (tertiary/aromatic N) is 3.